The van der Waals surface area contributed by atoms with E-state index in [9.17, 15) is 4.79 Å². The number of hydrogen-bond donors (Lipinski definition) is 1. The molecule has 4 atom stereocenters. The second kappa shape index (κ2) is 5.83. The van der Waals surface area contributed by atoms with Gasteiger partial charge in [-0.15, -0.1) is 0 Å². The topological polar surface area (TPSA) is 55.6 Å². The lowest BCUT2D eigenvalue weighted by Gasteiger charge is -2.25. The Kier molecular flexibility index (Phi) is 4.33. The lowest BCUT2D eigenvalue weighted by atomic mass is 9.88. The molecule has 0 bridgehead atoms. The van der Waals surface area contributed by atoms with Gasteiger partial charge in [0.1, 0.15) is 0 Å². The minimum absolute atomic E-state index is 0.0249. The molecule has 1 aromatic carbocycles. The maximum Gasteiger partial charge on any atom is 0.228 e. The first kappa shape index (κ1) is 14.9. The van der Waals surface area contributed by atoms with E-state index in [4.69, 9.17) is 10.5 Å². The van der Waals surface area contributed by atoms with Gasteiger partial charge in [0.15, 0.2) is 0 Å². The Bertz CT molecular complexity index is 489. The van der Waals surface area contributed by atoms with E-state index in [0.717, 1.165) is 11.3 Å². The van der Waals surface area contributed by atoms with Gasteiger partial charge in [-0.05, 0) is 31.4 Å². The van der Waals surface area contributed by atoms with Crippen LogP contribution in [-0.2, 0) is 16.1 Å². The Balaban J connectivity index is 2.08. The molecular weight excluding hydrogens is 252 g/mol. The fourth-order valence-electron chi connectivity index (χ4n) is 2.96. The van der Waals surface area contributed by atoms with Crippen LogP contribution in [-0.4, -0.2) is 30.1 Å². The number of para-hydroxylation sites is 1. The molecule has 4 unspecified atom stereocenters. The summed E-state index contributed by atoms with van der Waals surface area (Å²) in [6.07, 6.45) is 0.109. The van der Waals surface area contributed by atoms with Crippen LogP contribution in [0.5, 0.6) is 0 Å². The fourth-order valence-corrected chi connectivity index (χ4v) is 2.96. The SMILES string of the molecule is CC1OC(C)C(C(=O)N(C)Cc2ccccc2N)C1C. The summed E-state index contributed by atoms with van der Waals surface area (Å²) in [4.78, 5) is 14.4. The molecule has 1 amide bonds. The first-order valence-electron chi connectivity index (χ1n) is 7.15. The molecule has 1 aliphatic rings. The third-order valence-electron chi connectivity index (χ3n) is 4.37. The molecule has 1 saturated heterocycles. The van der Waals surface area contributed by atoms with Crippen LogP contribution in [0.2, 0.25) is 0 Å². The summed E-state index contributed by atoms with van der Waals surface area (Å²) in [5, 5.41) is 0. The van der Waals surface area contributed by atoms with Crippen LogP contribution in [0.15, 0.2) is 24.3 Å². The number of hydrogen-bond acceptors (Lipinski definition) is 3. The van der Waals surface area contributed by atoms with Gasteiger partial charge in [-0.3, -0.25) is 4.79 Å². The molecule has 1 heterocycles. The molecule has 0 aliphatic carbocycles. The van der Waals surface area contributed by atoms with Crippen molar-refractivity contribution in [1.82, 2.24) is 4.90 Å². The Morgan fingerprint density at radius 3 is 2.45 bits per heavy atom. The standard InChI is InChI=1S/C16H24N2O2/c1-10-11(2)20-12(3)15(10)16(19)18(4)9-13-7-5-6-8-14(13)17/h5-8,10-12,15H,9,17H2,1-4H3. The van der Waals surface area contributed by atoms with E-state index in [-0.39, 0.29) is 30.0 Å². The van der Waals surface area contributed by atoms with Gasteiger partial charge in [0.05, 0.1) is 18.1 Å². The number of carbonyl (C=O) groups is 1. The van der Waals surface area contributed by atoms with Crippen LogP contribution >= 0.6 is 0 Å². The monoisotopic (exact) mass is 276 g/mol. The number of nitrogens with two attached hydrogens (primary N) is 1. The highest BCUT2D eigenvalue weighted by molar-refractivity contribution is 5.80. The Hall–Kier alpha value is -1.55. The van der Waals surface area contributed by atoms with Crippen molar-refractivity contribution >= 4 is 11.6 Å². The molecule has 1 aromatic rings. The minimum Gasteiger partial charge on any atom is -0.398 e. The molecule has 110 valence electrons. The highest BCUT2D eigenvalue weighted by atomic mass is 16.5. The summed E-state index contributed by atoms with van der Waals surface area (Å²) in [7, 11) is 1.83. The van der Waals surface area contributed by atoms with Crippen molar-refractivity contribution in [2.24, 2.45) is 11.8 Å². The number of carbonyl (C=O) groups excluding carboxylic acids is 1. The molecule has 4 nitrogen and oxygen atoms in total. The molecule has 1 aliphatic heterocycles. The van der Waals surface area contributed by atoms with Gasteiger partial charge in [-0.2, -0.15) is 0 Å². The van der Waals surface area contributed by atoms with Gasteiger partial charge in [0.2, 0.25) is 5.91 Å². The van der Waals surface area contributed by atoms with E-state index < -0.39 is 0 Å². The highest BCUT2D eigenvalue weighted by Gasteiger charge is 2.42. The van der Waals surface area contributed by atoms with E-state index in [2.05, 4.69) is 6.92 Å². The van der Waals surface area contributed by atoms with Crippen LogP contribution in [0, 0.1) is 11.8 Å². The van der Waals surface area contributed by atoms with Gasteiger partial charge in [0, 0.05) is 19.3 Å². The fraction of sp³-hybridized carbons (Fsp3) is 0.562. The summed E-state index contributed by atoms with van der Waals surface area (Å²) in [5.41, 5.74) is 7.64. The number of benzene rings is 1. The molecule has 4 heteroatoms. The predicted molar refractivity (Wildman–Crippen MR) is 80.0 cm³/mol. The van der Waals surface area contributed by atoms with Crippen LogP contribution in [0.1, 0.15) is 26.3 Å². The van der Waals surface area contributed by atoms with Gasteiger partial charge < -0.3 is 15.4 Å². The second-order valence-corrected chi connectivity index (χ2v) is 5.82. The summed E-state index contributed by atoms with van der Waals surface area (Å²) in [5.74, 6) is 0.311. The van der Waals surface area contributed by atoms with E-state index in [1.54, 1.807) is 4.90 Å². The zero-order valence-corrected chi connectivity index (χ0v) is 12.7. The number of ether oxygens (including phenoxy) is 1. The first-order chi connectivity index (χ1) is 9.41. The summed E-state index contributed by atoms with van der Waals surface area (Å²) in [6.45, 7) is 6.63. The maximum atomic E-state index is 12.6. The van der Waals surface area contributed by atoms with Crippen molar-refractivity contribution in [1.29, 1.82) is 0 Å². The van der Waals surface area contributed by atoms with Crippen LogP contribution in [0.25, 0.3) is 0 Å². The maximum absolute atomic E-state index is 12.6. The van der Waals surface area contributed by atoms with Gasteiger partial charge in [-0.25, -0.2) is 0 Å². The second-order valence-electron chi connectivity index (χ2n) is 5.82. The van der Waals surface area contributed by atoms with Crippen molar-refractivity contribution in [2.45, 2.75) is 39.5 Å². The molecule has 0 aromatic heterocycles. The molecule has 0 radical (unpaired) electrons. The number of anilines is 1. The van der Waals surface area contributed by atoms with Gasteiger partial charge in [0.25, 0.3) is 0 Å². The number of amides is 1. The number of nitrogens with zero attached hydrogens (tertiary/aromatic N) is 1. The van der Waals surface area contributed by atoms with Gasteiger partial charge in [-0.1, -0.05) is 25.1 Å². The quantitative estimate of drug-likeness (QED) is 0.862. The van der Waals surface area contributed by atoms with E-state index >= 15 is 0 Å². The largest absolute Gasteiger partial charge is 0.398 e. The Morgan fingerprint density at radius 1 is 1.25 bits per heavy atom. The van der Waals surface area contributed by atoms with Crippen molar-refractivity contribution in [3.05, 3.63) is 29.8 Å². The molecule has 1 fully saturated rings. The summed E-state index contributed by atoms with van der Waals surface area (Å²) in [6, 6.07) is 7.66. The van der Waals surface area contributed by atoms with E-state index in [1.807, 2.05) is 45.2 Å². The molecule has 2 rings (SSSR count). The van der Waals surface area contributed by atoms with Crippen LogP contribution < -0.4 is 5.73 Å². The van der Waals surface area contributed by atoms with Crippen molar-refractivity contribution in [3.8, 4) is 0 Å². The average molecular weight is 276 g/mol. The lowest BCUT2D eigenvalue weighted by molar-refractivity contribution is -0.137. The predicted octanol–water partition coefficient (Wildman–Crippen LogP) is 2.29. The van der Waals surface area contributed by atoms with Crippen molar-refractivity contribution in [2.75, 3.05) is 12.8 Å². The first-order valence-corrected chi connectivity index (χ1v) is 7.15. The molecule has 2 N–H and O–H groups in total. The van der Waals surface area contributed by atoms with Crippen LogP contribution in [0.3, 0.4) is 0 Å². The molecular formula is C16H24N2O2. The molecule has 20 heavy (non-hydrogen) atoms. The molecule has 0 spiro atoms. The van der Waals surface area contributed by atoms with E-state index in [0.29, 0.717) is 6.54 Å². The van der Waals surface area contributed by atoms with E-state index in [1.165, 1.54) is 0 Å². The molecule has 0 saturated carbocycles. The smallest absolute Gasteiger partial charge is 0.228 e. The Morgan fingerprint density at radius 2 is 1.90 bits per heavy atom. The summed E-state index contributed by atoms with van der Waals surface area (Å²) < 4.78 is 5.76. The third kappa shape index (κ3) is 2.80. The zero-order chi connectivity index (χ0) is 14.9. The zero-order valence-electron chi connectivity index (χ0n) is 12.7. The summed E-state index contributed by atoms with van der Waals surface area (Å²) >= 11 is 0. The van der Waals surface area contributed by atoms with Crippen molar-refractivity contribution in [3.63, 3.8) is 0 Å². The van der Waals surface area contributed by atoms with Gasteiger partial charge >= 0.3 is 0 Å². The number of nitrogen functional groups attached to an aromatic ring is 1. The lowest BCUT2D eigenvalue weighted by Crippen LogP contribution is -2.38. The normalized spacial score (nSPS) is 29.4. The highest BCUT2D eigenvalue weighted by Crippen LogP contribution is 2.33. The minimum atomic E-state index is -0.0695. The average Bonchev–Trinajstić information content (AvgIpc) is 2.65. The third-order valence-corrected chi connectivity index (χ3v) is 4.37. The van der Waals surface area contributed by atoms with Crippen LogP contribution in [0.4, 0.5) is 5.69 Å². The van der Waals surface area contributed by atoms with Crippen molar-refractivity contribution < 1.29 is 9.53 Å². The number of rotatable bonds is 3. The Labute approximate surface area is 120 Å².